The molecule has 4 aliphatic rings. The Morgan fingerprint density at radius 1 is 0.326 bits per heavy atom. The molecule has 0 spiro atoms. The molecular weight excluding hydrogens is 1100 g/mol. The summed E-state index contributed by atoms with van der Waals surface area (Å²) < 4.78 is 88.7. The highest BCUT2D eigenvalue weighted by Crippen LogP contribution is 2.55. The Morgan fingerprint density at radius 2 is 0.709 bits per heavy atom. The molecule has 0 radical (unpaired) electrons. The predicted molar refractivity (Wildman–Crippen MR) is 345 cm³/mol. The summed E-state index contributed by atoms with van der Waals surface area (Å²) in [6.07, 6.45) is -5.10. The fourth-order valence-corrected chi connectivity index (χ4v) is 14.9. The van der Waals surface area contributed by atoms with Gasteiger partial charge >= 0.3 is 6.18 Å². The van der Waals surface area contributed by atoms with Crippen molar-refractivity contribution in [2.75, 3.05) is 24.5 Å². The van der Waals surface area contributed by atoms with Crippen LogP contribution in [0.5, 0.6) is 0 Å². The van der Waals surface area contributed by atoms with E-state index in [9.17, 15) is 0 Å². The third-order valence-corrected chi connectivity index (χ3v) is 18.1. The molecule has 0 atom stereocenters. The van der Waals surface area contributed by atoms with Gasteiger partial charge in [0.2, 0.25) is 6.71 Å². The van der Waals surface area contributed by atoms with Gasteiger partial charge in [-0.15, -0.1) is 0 Å². The Hall–Kier alpha value is -10.2. The van der Waals surface area contributed by atoms with E-state index in [1.165, 1.54) is 11.0 Å². The average molecular weight is 1140 g/mol. The molecule has 5 nitrogen and oxygen atoms in total. The maximum absolute atomic E-state index is 17.9. The standard InChI is InChI=1S/C73H46B2F5N5S/c76-59-38-23-39-60(77)71(59)85-64-43-53(81(47-24-7-1-8-25-47)48-26-9-2-10-27-48)42-63-68(64)74(55-36-19-21-40-61(55)83(63)51-32-15-5-16-33-51)57-46-58-72(67(70(57)85)73(78,79)80)86-66-45-54(82(49-28-11-3-12-29-49)50-30-13-4-14-31-50)44-65-69(66)75(58)56-37-20-22-41-62(56)84(65)52-34-17-6-18-35-52/h1-46H. The topological polar surface area (TPSA) is 16.2 Å². The molecule has 4 aliphatic heterocycles. The minimum atomic E-state index is -5.10. The van der Waals surface area contributed by atoms with Crippen LogP contribution in [0.4, 0.5) is 107 Å². The first-order valence-electron chi connectivity index (χ1n) is 28.4. The molecule has 0 saturated heterocycles. The number of benzene rings is 12. The number of para-hydroxylation sites is 9. The van der Waals surface area contributed by atoms with Crippen LogP contribution in [0.25, 0.3) is 0 Å². The molecule has 13 heteroatoms. The monoisotopic (exact) mass is 1140 g/mol. The zero-order chi connectivity index (χ0) is 57.8. The lowest BCUT2D eigenvalue weighted by molar-refractivity contribution is -0.139. The first-order valence-corrected chi connectivity index (χ1v) is 29.3. The predicted octanol–water partition coefficient (Wildman–Crippen LogP) is 16.8. The molecule has 4 heterocycles. The van der Waals surface area contributed by atoms with Crippen LogP contribution in [0.15, 0.2) is 289 Å². The van der Waals surface area contributed by atoms with Crippen LogP contribution < -0.4 is 57.3 Å². The Balaban J connectivity index is 1.04. The van der Waals surface area contributed by atoms with E-state index in [1.807, 2.05) is 241 Å². The van der Waals surface area contributed by atoms with Gasteiger partial charge in [0.05, 0.1) is 16.9 Å². The van der Waals surface area contributed by atoms with Crippen molar-refractivity contribution in [1.29, 1.82) is 0 Å². The van der Waals surface area contributed by atoms with Gasteiger partial charge in [-0.1, -0.05) is 175 Å². The molecule has 0 N–H and O–H groups in total. The third-order valence-electron chi connectivity index (χ3n) is 16.9. The minimum absolute atomic E-state index is 0.0439. The van der Waals surface area contributed by atoms with Crippen molar-refractivity contribution in [3.63, 3.8) is 0 Å². The van der Waals surface area contributed by atoms with Gasteiger partial charge in [0, 0.05) is 78.0 Å². The van der Waals surface area contributed by atoms with E-state index in [2.05, 4.69) is 39.0 Å². The van der Waals surface area contributed by atoms with Gasteiger partial charge in [-0.25, -0.2) is 8.78 Å². The summed E-state index contributed by atoms with van der Waals surface area (Å²) in [6.45, 7) is -1.61. The minimum Gasteiger partial charge on any atom is -0.311 e. The molecule has 12 aromatic rings. The van der Waals surface area contributed by atoms with Gasteiger partial charge in [-0.2, -0.15) is 13.2 Å². The Labute approximate surface area is 499 Å². The van der Waals surface area contributed by atoms with Crippen molar-refractivity contribution in [3.05, 3.63) is 296 Å². The summed E-state index contributed by atoms with van der Waals surface area (Å²) in [7, 11) is 0. The Bertz CT molecular complexity index is 4530. The van der Waals surface area contributed by atoms with Crippen LogP contribution in [-0.4, -0.2) is 13.4 Å². The first kappa shape index (κ1) is 51.4. The van der Waals surface area contributed by atoms with Crippen molar-refractivity contribution in [3.8, 4) is 0 Å². The summed E-state index contributed by atoms with van der Waals surface area (Å²) in [5, 5.41) is 0. The number of nitrogens with zero attached hydrogens (tertiary/aromatic N) is 5. The molecule has 0 saturated carbocycles. The molecule has 12 aromatic carbocycles. The number of fused-ring (bicyclic) bond motifs is 8. The van der Waals surface area contributed by atoms with E-state index in [1.54, 1.807) is 0 Å². The number of alkyl halides is 3. The van der Waals surface area contributed by atoms with Gasteiger partial charge in [0.25, 0.3) is 6.71 Å². The van der Waals surface area contributed by atoms with Crippen molar-refractivity contribution < 1.29 is 22.0 Å². The lowest BCUT2D eigenvalue weighted by Gasteiger charge is -2.47. The lowest BCUT2D eigenvalue weighted by Crippen LogP contribution is -2.65. The maximum atomic E-state index is 17.9. The second-order valence-electron chi connectivity index (χ2n) is 21.7. The van der Waals surface area contributed by atoms with E-state index in [-0.39, 0.29) is 21.7 Å². The van der Waals surface area contributed by atoms with Gasteiger partial charge in [-0.3, -0.25) is 0 Å². The Kier molecular flexibility index (Phi) is 12.1. The van der Waals surface area contributed by atoms with Crippen LogP contribution in [0.2, 0.25) is 0 Å². The second-order valence-corrected chi connectivity index (χ2v) is 22.8. The largest absolute Gasteiger partial charge is 0.419 e. The molecular formula is C73H46B2F5N5S. The molecule has 0 aliphatic carbocycles. The maximum Gasteiger partial charge on any atom is 0.419 e. The fraction of sp³-hybridized carbons (Fsp3) is 0.0137. The van der Waals surface area contributed by atoms with E-state index in [0.29, 0.717) is 27.2 Å². The lowest BCUT2D eigenvalue weighted by atomic mass is 9.30. The summed E-state index contributed by atoms with van der Waals surface area (Å²) in [5.41, 5.74) is 11.2. The van der Waals surface area contributed by atoms with E-state index >= 15 is 22.0 Å². The highest BCUT2D eigenvalue weighted by atomic mass is 32.2. The molecule has 0 unspecified atom stereocenters. The van der Waals surface area contributed by atoms with Crippen molar-refractivity contribution >= 4 is 143 Å². The number of hydrogen-bond acceptors (Lipinski definition) is 6. The SMILES string of the molecule is Fc1cccc(F)c1N1c2cc(N(c3ccccc3)c3ccccc3)cc3c2B(c2ccccc2N3c2ccccc2)c2cc3c(c(C(F)(F)F)c21)Sc1cc(N(c2ccccc2)c2ccccc2)cc2c1B3c1ccccc1N2c1ccccc1. The molecule has 86 heavy (non-hydrogen) atoms. The fourth-order valence-electron chi connectivity index (χ4n) is 13.6. The highest BCUT2D eigenvalue weighted by Gasteiger charge is 2.53. The van der Waals surface area contributed by atoms with Crippen LogP contribution in [0, 0.1) is 11.6 Å². The van der Waals surface area contributed by atoms with Gasteiger partial charge in [-0.05, 0) is 149 Å². The quantitative estimate of drug-likeness (QED) is 0.105. The molecule has 410 valence electrons. The Morgan fingerprint density at radius 3 is 1.16 bits per heavy atom. The summed E-state index contributed by atoms with van der Waals surface area (Å²) >= 11 is 1.06. The number of halogens is 5. The number of rotatable bonds is 9. The highest BCUT2D eigenvalue weighted by molar-refractivity contribution is 8.00. The molecule has 16 rings (SSSR count). The summed E-state index contributed by atoms with van der Waals surface area (Å²) in [6, 6.07) is 88.6. The van der Waals surface area contributed by atoms with Gasteiger partial charge in [0.1, 0.15) is 17.3 Å². The van der Waals surface area contributed by atoms with Gasteiger partial charge < -0.3 is 24.5 Å². The van der Waals surface area contributed by atoms with Crippen LogP contribution >= 0.6 is 11.8 Å². The molecule has 0 aromatic heterocycles. The molecule has 0 fully saturated rings. The first-order chi connectivity index (χ1) is 42.2. The summed E-state index contributed by atoms with van der Waals surface area (Å²) in [4.78, 5) is 10.3. The zero-order valence-corrected chi connectivity index (χ0v) is 46.6. The van der Waals surface area contributed by atoms with Crippen molar-refractivity contribution in [2.45, 2.75) is 16.0 Å². The summed E-state index contributed by atoms with van der Waals surface area (Å²) in [5.74, 6) is -2.04. The van der Waals surface area contributed by atoms with Crippen LogP contribution in [-0.2, 0) is 6.18 Å². The zero-order valence-electron chi connectivity index (χ0n) is 45.7. The van der Waals surface area contributed by atoms with Crippen LogP contribution in [0.1, 0.15) is 5.56 Å². The average Bonchev–Trinajstić information content (AvgIpc) is 0.737. The van der Waals surface area contributed by atoms with Gasteiger partial charge in [0.15, 0.2) is 0 Å². The van der Waals surface area contributed by atoms with Crippen molar-refractivity contribution in [2.24, 2.45) is 0 Å². The van der Waals surface area contributed by atoms with E-state index < -0.39 is 42.5 Å². The van der Waals surface area contributed by atoms with Crippen LogP contribution in [0.3, 0.4) is 0 Å². The van der Waals surface area contributed by atoms with Crippen molar-refractivity contribution in [1.82, 2.24) is 0 Å². The second kappa shape index (κ2) is 20.2. The van der Waals surface area contributed by atoms with E-state index in [0.717, 1.165) is 97.2 Å². The normalized spacial score (nSPS) is 13.2. The van der Waals surface area contributed by atoms with E-state index in [4.69, 9.17) is 0 Å². The smallest absolute Gasteiger partial charge is 0.311 e. The number of anilines is 15. The number of hydrogen-bond donors (Lipinski definition) is 0. The molecule has 0 bridgehead atoms. The third kappa shape index (κ3) is 8.09. The molecule has 0 amide bonds.